The molecule has 24 heteroatoms. The van der Waals surface area contributed by atoms with Gasteiger partial charge in [0, 0.05) is 29.6 Å². The molecule has 0 spiro atoms. The third-order valence-corrected chi connectivity index (χ3v) is 14.3. The first kappa shape index (κ1) is 58.7. The molecule has 0 aromatic heterocycles. The topological polar surface area (TPSA) is 409 Å². The molecule has 14 unspecified atom stereocenters. The van der Waals surface area contributed by atoms with E-state index in [4.69, 9.17) is 16.6 Å². The zero-order chi connectivity index (χ0) is 50.4. The number of phenolic OH excluding ortho intramolecular Hbond substituents is 2. The summed E-state index contributed by atoms with van der Waals surface area (Å²) < 4.78 is 0. The monoisotopic (exact) mass is 1020 g/mol. The maximum absolute atomic E-state index is 13.6. The van der Waals surface area contributed by atoms with E-state index in [0.717, 1.165) is 0 Å². The van der Waals surface area contributed by atoms with E-state index in [-0.39, 0.29) is 59.5 Å². The first-order valence-electron chi connectivity index (χ1n) is 21.2. The third-order valence-electron chi connectivity index (χ3n) is 14.3. The Bertz CT molecular complexity index is 2430. The van der Waals surface area contributed by atoms with Gasteiger partial charge >= 0.3 is 0 Å². The van der Waals surface area contributed by atoms with Gasteiger partial charge in [-0.05, 0) is 70.2 Å². The van der Waals surface area contributed by atoms with Crippen LogP contribution in [-0.4, -0.2) is 178 Å². The van der Waals surface area contributed by atoms with Crippen LogP contribution in [0.25, 0.3) is 11.5 Å². The van der Waals surface area contributed by atoms with Crippen molar-refractivity contribution in [1.29, 1.82) is 0 Å². The number of nitrogens with zero attached hydrogens (tertiary/aromatic N) is 2. The smallest absolute Gasteiger partial charge is 0.235 e. The first-order chi connectivity index (χ1) is 31.1. The number of fused-ring (bicyclic) bond motifs is 6. The van der Waals surface area contributed by atoms with Gasteiger partial charge in [-0.25, -0.2) is 0 Å². The molecule has 22 nitrogen and oxygen atoms in total. The summed E-state index contributed by atoms with van der Waals surface area (Å²) in [6, 6.07) is 6.21. The van der Waals surface area contributed by atoms with Gasteiger partial charge in [0.2, 0.25) is 23.4 Å². The van der Waals surface area contributed by atoms with Crippen LogP contribution in [0.4, 0.5) is 0 Å². The average Bonchev–Trinajstić information content (AvgIpc) is 3.23. The number of ketones is 6. The van der Waals surface area contributed by atoms with Gasteiger partial charge in [-0.15, -0.1) is 24.8 Å². The lowest BCUT2D eigenvalue weighted by Crippen LogP contribution is -2.75. The average molecular weight is 1030 g/mol. The van der Waals surface area contributed by atoms with Crippen molar-refractivity contribution in [3.05, 3.63) is 69.8 Å². The van der Waals surface area contributed by atoms with Crippen LogP contribution in [-0.2, 0) is 38.4 Å². The van der Waals surface area contributed by atoms with E-state index in [9.17, 15) is 79.2 Å². The van der Waals surface area contributed by atoms with Crippen LogP contribution in [0.1, 0.15) is 54.9 Å². The Balaban J connectivity index is 0.000000337. The number of hydrogen-bond acceptors (Lipinski definition) is 19. The summed E-state index contributed by atoms with van der Waals surface area (Å²) in [7, 11) is 5.81. The van der Waals surface area contributed by atoms with Crippen LogP contribution >= 0.6 is 24.8 Å². The van der Waals surface area contributed by atoms with Crippen LogP contribution in [0.5, 0.6) is 11.5 Å². The van der Waals surface area contributed by atoms with Crippen molar-refractivity contribution in [2.75, 3.05) is 34.8 Å². The van der Waals surface area contributed by atoms with Crippen LogP contribution in [0.2, 0.25) is 0 Å². The number of carbonyl (C=O) groups is 8. The highest BCUT2D eigenvalue weighted by Crippen LogP contribution is 2.57. The summed E-state index contributed by atoms with van der Waals surface area (Å²) in [5.41, 5.74) is 4.55. The third kappa shape index (κ3) is 8.08. The number of likely N-dealkylation sites (N-methyl/N-ethyl adjacent to an activating group) is 2. The van der Waals surface area contributed by atoms with E-state index < -0.39 is 152 Å². The molecule has 2 amide bonds. The van der Waals surface area contributed by atoms with Gasteiger partial charge in [0.1, 0.15) is 23.0 Å². The van der Waals surface area contributed by atoms with E-state index in [2.05, 4.69) is 0 Å². The molecule has 0 radical (unpaired) electrons. The number of benzene rings is 2. The van der Waals surface area contributed by atoms with E-state index in [0.29, 0.717) is 11.1 Å². The minimum absolute atomic E-state index is 0. The fraction of sp³-hybridized carbons (Fsp3) is 0.478. The molecule has 6 aliphatic carbocycles. The first-order valence-corrected chi connectivity index (χ1v) is 21.2. The van der Waals surface area contributed by atoms with Gasteiger partial charge in [0.05, 0.1) is 47.3 Å². The molecule has 2 aromatic carbocycles. The molecule has 6 aliphatic rings. The van der Waals surface area contributed by atoms with Gasteiger partial charge in [-0.2, -0.15) is 0 Å². The molecule has 4 fully saturated rings. The maximum Gasteiger partial charge on any atom is 0.235 e. The van der Waals surface area contributed by atoms with Crippen molar-refractivity contribution >= 4 is 82.8 Å². The van der Waals surface area contributed by atoms with Crippen LogP contribution < -0.4 is 11.5 Å². The Kier molecular flexibility index (Phi) is 17.3. The molecule has 15 N–H and O–H groups in total. The highest BCUT2D eigenvalue weighted by Gasteiger charge is 2.73. The molecule has 8 rings (SSSR count). The normalized spacial score (nSPS) is 33.7. The number of halogens is 2. The number of Topliss-reactive ketones (excluding diaryl/α,β-unsaturated/α-hetero) is 6. The van der Waals surface area contributed by atoms with Gasteiger partial charge in [0.15, 0.2) is 46.2 Å². The van der Waals surface area contributed by atoms with Gasteiger partial charge < -0.3 is 62.9 Å². The fourth-order valence-electron chi connectivity index (χ4n) is 11.4. The number of phenols is 2. The second-order valence-corrected chi connectivity index (χ2v) is 18.2. The van der Waals surface area contributed by atoms with Crippen molar-refractivity contribution in [3.8, 4) is 11.5 Å². The molecule has 0 heterocycles. The number of nitrogens with two attached hydrogens (primary N) is 2. The number of aliphatic hydroxyl groups is 7. The predicted molar refractivity (Wildman–Crippen MR) is 249 cm³/mol. The van der Waals surface area contributed by atoms with Crippen molar-refractivity contribution < 1.29 is 89.8 Å². The predicted octanol–water partition coefficient (Wildman–Crippen LogP) is -2.24. The molecule has 2 aromatic rings. The SMILES string of the molecule is CC1c2cccc(O)c2C(O)=C2C(=O)C3(O)C(=O)C(C(N)=O)C(=O)C(N(C)C)C3C(O)C21.CC1c2cccc(O)c2C(O)=C2C(=O)C3(O)C(=O)C(C(N)=O)C(=O)C(N(C)C)C3C(O)C21.CCO.Cl.Cl.O. The quantitative estimate of drug-likeness (QED) is 0.144. The summed E-state index contributed by atoms with van der Waals surface area (Å²) in [6.07, 6.45) is -3.23. The van der Waals surface area contributed by atoms with E-state index >= 15 is 0 Å². The van der Waals surface area contributed by atoms with E-state index in [1.165, 1.54) is 50.1 Å². The fourth-order valence-corrected chi connectivity index (χ4v) is 11.4. The molecule has 0 bridgehead atoms. The maximum atomic E-state index is 13.6. The molecule has 4 saturated carbocycles. The summed E-state index contributed by atoms with van der Waals surface area (Å²) in [4.78, 5) is 106. The number of rotatable bonds is 4. The number of aromatic hydroxyl groups is 2. The standard InChI is InChI=1S/2C22H24N2O8.C2H6O.2ClH.H2O/c2*1-7-8-5-4-6-9(25)11(8)16(26)12-10(7)17(27)14-15(24(2)3)18(28)13(21(23)31)20(30)22(14,32)19(12)29;1-2-3;;;/h2*4-7,10,13-15,17,25-27,32H,1-3H3,(H2,23,31);3H,2H2,1H3;2*1H;1H2. The lowest BCUT2D eigenvalue weighted by atomic mass is 9.52. The molecule has 384 valence electrons. The largest absolute Gasteiger partial charge is 0.507 e. The molecule has 70 heavy (non-hydrogen) atoms. The Morgan fingerprint density at radius 1 is 0.614 bits per heavy atom. The van der Waals surface area contributed by atoms with Gasteiger partial charge in [-0.3, -0.25) is 48.2 Å². The number of primary amides is 2. The van der Waals surface area contributed by atoms with Crippen LogP contribution in [0.15, 0.2) is 47.5 Å². The summed E-state index contributed by atoms with van der Waals surface area (Å²) in [5.74, 6) is -22.4. The Labute approximate surface area is 412 Å². The number of aliphatic hydroxyl groups excluding tert-OH is 5. The zero-order valence-corrected chi connectivity index (χ0v) is 40.4. The van der Waals surface area contributed by atoms with Crippen LogP contribution in [0.3, 0.4) is 0 Å². The number of hydrogen-bond donors (Lipinski definition) is 11. The lowest BCUT2D eigenvalue weighted by Gasteiger charge is -2.54. The molecule has 0 saturated heterocycles. The summed E-state index contributed by atoms with van der Waals surface area (Å²) in [6.45, 7) is 5.26. The molecule has 0 aliphatic heterocycles. The number of amides is 2. The molecular weight excluding hydrogens is 967 g/mol. The summed E-state index contributed by atoms with van der Waals surface area (Å²) >= 11 is 0. The molecular formula is C46H58Cl2N4O18. The second-order valence-electron chi connectivity index (χ2n) is 18.2. The molecule has 14 atom stereocenters. The Morgan fingerprint density at radius 2 is 0.900 bits per heavy atom. The van der Waals surface area contributed by atoms with Crippen molar-refractivity contribution in [2.45, 2.75) is 68.1 Å². The second kappa shape index (κ2) is 20.6. The van der Waals surface area contributed by atoms with Crippen LogP contribution in [0, 0.1) is 35.5 Å². The zero-order valence-electron chi connectivity index (χ0n) is 38.8. The van der Waals surface area contributed by atoms with Gasteiger partial charge in [0.25, 0.3) is 0 Å². The number of carbonyl (C=O) groups excluding carboxylic acids is 8. The van der Waals surface area contributed by atoms with E-state index in [1.807, 2.05) is 0 Å². The van der Waals surface area contributed by atoms with Gasteiger partial charge in [-0.1, -0.05) is 38.1 Å². The van der Waals surface area contributed by atoms with E-state index in [1.54, 1.807) is 45.0 Å². The Morgan fingerprint density at radius 3 is 1.16 bits per heavy atom. The highest BCUT2D eigenvalue weighted by atomic mass is 35.5. The Hall–Kier alpha value is -5.66. The lowest BCUT2D eigenvalue weighted by molar-refractivity contribution is -0.188. The van der Waals surface area contributed by atoms with Crippen molar-refractivity contribution in [1.82, 2.24) is 9.80 Å². The van der Waals surface area contributed by atoms with Crippen molar-refractivity contribution in [3.63, 3.8) is 0 Å². The minimum Gasteiger partial charge on any atom is -0.507 e. The highest BCUT2D eigenvalue weighted by molar-refractivity contribution is 6.34. The summed E-state index contributed by atoms with van der Waals surface area (Å²) in [5, 5.41) is 95.7. The minimum atomic E-state index is -2.97. The van der Waals surface area contributed by atoms with Crippen molar-refractivity contribution in [2.24, 2.45) is 47.0 Å².